The summed E-state index contributed by atoms with van der Waals surface area (Å²) in [6.07, 6.45) is 0. The predicted molar refractivity (Wildman–Crippen MR) is 80.4 cm³/mol. The summed E-state index contributed by atoms with van der Waals surface area (Å²) >= 11 is 0. The molecule has 1 aliphatic rings. The Bertz CT molecular complexity index is 570. The van der Waals surface area contributed by atoms with Crippen LogP contribution in [-0.4, -0.2) is 43.5 Å². The summed E-state index contributed by atoms with van der Waals surface area (Å²) < 4.78 is 5.22. The summed E-state index contributed by atoms with van der Waals surface area (Å²) in [6, 6.07) is 8.15. The van der Waals surface area contributed by atoms with Crippen LogP contribution in [0.1, 0.15) is 5.69 Å². The van der Waals surface area contributed by atoms with E-state index >= 15 is 0 Å². The van der Waals surface area contributed by atoms with Crippen molar-refractivity contribution in [3.63, 3.8) is 0 Å². The second-order valence-electron chi connectivity index (χ2n) is 5.01. The van der Waals surface area contributed by atoms with E-state index in [1.165, 1.54) is 11.1 Å². The predicted octanol–water partition coefficient (Wildman–Crippen LogP) is 1.80. The van der Waals surface area contributed by atoms with Crippen molar-refractivity contribution < 1.29 is 4.74 Å². The fourth-order valence-electron chi connectivity index (χ4n) is 2.63. The highest BCUT2D eigenvalue weighted by Gasteiger charge is 2.19. The monoisotopic (exact) mass is 272 g/mol. The number of aromatic amines is 1. The standard InChI is InChI=1S/C15H20N4O/c1-11-14(12-3-5-13(20-2)6-4-12)15(18-17-11)19-9-7-16-8-10-19/h3-6,16H,7-10H2,1-2H3,(H,17,18). The molecule has 5 nitrogen and oxygen atoms in total. The molecular weight excluding hydrogens is 252 g/mol. The lowest BCUT2D eigenvalue weighted by atomic mass is 10.0. The molecule has 0 unspecified atom stereocenters. The zero-order valence-electron chi connectivity index (χ0n) is 11.9. The van der Waals surface area contributed by atoms with Crippen LogP contribution in [-0.2, 0) is 0 Å². The van der Waals surface area contributed by atoms with Crippen LogP contribution in [0.2, 0.25) is 0 Å². The van der Waals surface area contributed by atoms with Crippen LogP contribution < -0.4 is 15.0 Å². The molecule has 0 aliphatic carbocycles. The number of nitrogens with zero attached hydrogens (tertiary/aromatic N) is 2. The quantitative estimate of drug-likeness (QED) is 0.894. The van der Waals surface area contributed by atoms with Crippen molar-refractivity contribution in [1.82, 2.24) is 15.5 Å². The first-order chi connectivity index (χ1) is 9.79. The Kier molecular flexibility index (Phi) is 3.60. The molecule has 3 rings (SSSR count). The molecule has 0 radical (unpaired) electrons. The van der Waals surface area contributed by atoms with Crippen LogP contribution in [0.3, 0.4) is 0 Å². The Morgan fingerprint density at radius 3 is 2.50 bits per heavy atom. The van der Waals surface area contributed by atoms with Crippen LogP contribution in [0.4, 0.5) is 5.82 Å². The van der Waals surface area contributed by atoms with E-state index in [2.05, 4.69) is 39.5 Å². The lowest BCUT2D eigenvalue weighted by Crippen LogP contribution is -2.43. The van der Waals surface area contributed by atoms with Gasteiger partial charge in [0.25, 0.3) is 0 Å². The molecule has 0 spiro atoms. The summed E-state index contributed by atoms with van der Waals surface area (Å²) in [5, 5.41) is 11.0. The van der Waals surface area contributed by atoms with Gasteiger partial charge in [0, 0.05) is 37.4 Å². The number of benzene rings is 1. The van der Waals surface area contributed by atoms with Crippen LogP contribution in [0.5, 0.6) is 5.75 Å². The maximum absolute atomic E-state index is 5.22. The third-order valence-electron chi connectivity index (χ3n) is 3.72. The fraction of sp³-hybridized carbons (Fsp3) is 0.400. The van der Waals surface area contributed by atoms with E-state index in [9.17, 15) is 0 Å². The van der Waals surface area contributed by atoms with E-state index in [-0.39, 0.29) is 0 Å². The van der Waals surface area contributed by atoms with Gasteiger partial charge in [-0.15, -0.1) is 0 Å². The van der Waals surface area contributed by atoms with Crippen LogP contribution in [0.25, 0.3) is 11.1 Å². The molecule has 1 aromatic carbocycles. The largest absolute Gasteiger partial charge is 0.497 e. The topological polar surface area (TPSA) is 53.2 Å². The average molecular weight is 272 g/mol. The molecule has 0 amide bonds. The van der Waals surface area contributed by atoms with E-state index in [0.717, 1.165) is 43.4 Å². The molecule has 5 heteroatoms. The molecular formula is C15H20N4O. The van der Waals surface area contributed by atoms with Crippen LogP contribution >= 0.6 is 0 Å². The van der Waals surface area contributed by atoms with Gasteiger partial charge in [0.15, 0.2) is 5.82 Å². The van der Waals surface area contributed by atoms with Gasteiger partial charge < -0.3 is 15.0 Å². The molecule has 1 aromatic heterocycles. The van der Waals surface area contributed by atoms with Crippen molar-refractivity contribution in [2.75, 3.05) is 38.2 Å². The van der Waals surface area contributed by atoms with Gasteiger partial charge in [0.05, 0.1) is 7.11 Å². The zero-order valence-corrected chi connectivity index (χ0v) is 11.9. The fourth-order valence-corrected chi connectivity index (χ4v) is 2.63. The number of methoxy groups -OCH3 is 1. The Labute approximate surface area is 118 Å². The van der Waals surface area contributed by atoms with Crippen molar-refractivity contribution in [2.24, 2.45) is 0 Å². The highest BCUT2D eigenvalue weighted by molar-refractivity contribution is 5.78. The van der Waals surface area contributed by atoms with Gasteiger partial charge in [0.1, 0.15) is 5.75 Å². The third kappa shape index (κ3) is 2.36. The van der Waals surface area contributed by atoms with Gasteiger partial charge in [-0.05, 0) is 24.6 Å². The van der Waals surface area contributed by atoms with Crippen LogP contribution in [0, 0.1) is 6.92 Å². The van der Waals surface area contributed by atoms with Crippen molar-refractivity contribution in [1.29, 1.82) is 0 Å². The first kappa shape index (κ1) is 13.0. The van der Waals surface area contributed by atoms with E-state index in [4.69, 9.17) is 4.74 Å². The smallest absolute Gasteiger partial charge is 0.158 e. The van der Waals surface area contributed by atoms with Gasteiger partial charge in [-0.2, -0.15) is 5.10 Å². The maximum Gasteiger partial charge on any atom is 0.158 e. The molecule has 0 bridgehead atoms. The van der Waals surface area contributed by atoms with Crippen molar-refractivity contribution >= 4 is 5.82 Å². The molecule has 1 fully saturated rings. The maximum atomic E-state index is 5.22. The third-order valence-corrected chi connectivity index (χ3v) is 3.72. The number of nitrogens with one attached hydrogen (secondary N) is 2. The Morgan fingerprint density at radius 1 is 1.15 bits per heavy atom. The number of piperazine rings is 1. The molecule has 1 aliphatic heterocycles. The molecule has 0 atom stereocenters. The Morgan fingerprint density at radius 2 is 1.85 bits per heavy atom. The van der Waals surface area contributed by atoms with E-state index < -0.39 is 0 Å². The zero-order chi connectivity index (χ0) is 13.9. The SMILES string of the molecule is COc1ccc(-c2c(N3CCNCC3)n[nH]c2C)cc1. The molecule has 2 aromatic rings. The van der Waals surface area contributed by atoms with Crippen molar-refractivity contribution in [3.8, 4) is 16.9 Å². The minimum Gasteiger partial charge on any atom is -0.497 e. The normalized spacial score (nSPS) is 15.4. The summed E-state index contributed by atoms with van der Waals surface area (Å²) in [4.78, 5) is 2.33. The second kappa shape index (κ2) is 5.54. The number of rotatable bonds is 3. The van der Waals surface area contributed by atoms with E-state index in [1.807, 2.05) is 12.1 Å². The van der Waals surface area contributed by atoms with Gasteiger partial charge in [-0.3, -0.25) is 5.10 Å². The van der Waals surface area contributed by atoms with Crippen molar-refractivity contribution in [3.05, 3.63) is 30.0 Å². The van der Waals surface area contributed by atoms with Gasteiger partial charge in [0.2, 0.25) is 0 Å². The molecule has 20 heavy (non-hydrogen) atoms. The summed E-state index contributed by atoms with van der Waals surface area (Å²) in [7, 11) is 1.68. The Balaban J connectivity index is 1.96. The van der Waals surface area contributed by atoms with Crippen molar-refractivity contribution in [2.45, 2.75) is 6.92 Å². The first-order valence-electron chi connectivity index (χ1n) is 6.94. The molecule has 106 valence electrons. The molecule has 2 heterocycles. The summed E-state index contributed by atoms with van der Waals surface area (Å²) in [5.74, 6) is 1.92. The lowest BCUT2D eigenvalue weighted by molar-refractivity contribution is 0.415. The first-order valence-corrected chi connectivity index (χ1v) is 6.94. The summed E-state index contributed by atoms with van der Waals surface area (Å²) in [6.45, 7) is 6.07. The van der Waals surface area contributed by atoms with E-state index in [0.29, 0.717) is 0 Å². The highest BCUT2D eigenvalue weighted by Crippen LogP contribution is 2.32. The number of anilines is 1. The number of hydrogen-bond donors (Lipinski definition) is 2. The van der Waals surface area contributed by atoms with Gasteiger partial charge in [-0.1, -0.05) is 12.1 Å². The molecule has 1 saturated heterocycles. The number of hydrogen-bond acceptors (Lipinski definition) is 4. The summed E-state index contributed by atoms with van der Waals surface area (Å²) in [5.41, 5.74) is 3.46. The molecule has 0 saturated carbocycles. The lowest BCUT2D eigenvalue weighted by Gasteiger charge is -2.28. The number of aromatic nitrogens is 2. The average Bonchev–Trinajstić information content (AvgIpc) is 2.90. The van der Waals surface area contributed by atoms with E-state index in [1.54, 1.807) is 7.11 Å². The van der Waals surface area contributed by atoms with Gasteiger partial charge in [-0.25, -0.2) is 0 Å². The van der Waals surface area contributed by atoms with Gasteiger partial charge >= 0.3 is 0 Å². The minimum absolute atomic E-state index is 0.874. The number of H-pyrrole nitrogens is 1. The Hall–Kier alpha value is -2.01. The number of ether oxygens (including phenoxy) is 1. The minimum atomic E-state index is 0.874. The number of aryl methyl sites for hydroxylation is 1. The van der Waals surface area contributed by atoms with Crippen LogP contribution in [0.15, 0.2) is 24.3 Å². The molecule has 2 N–H and O–H groups in total. The second-order valence-corrected chi connectivity index (χ2v) is 5.01. The highest BCUT2D eigenvalue weighted by atomic mass is 16.5.